The molecule has 5 heteroatoms. The highest BCUT2D eigenvalue weighted by Gasteiger charge is 2.02. The summed E-state index contributed by atoms with van der Waals surface area (Å²) < 4.78 is 10.1. The molecule has 1 rings (SSSR count). The lowest BCUT2D eigenvalue weighted by Gasteiger charge is -2.08. The van der Waals surface area contributed by atoms with Gasteiger partial charge in [-0.25, -0.2) is 0 Å². The summed E-state index contributed by atoms with van der Waals surface area (Å²) in [5.41, 5.74) is 1.07. The molecule has 0 saturated heterocycles. The molecule has 0 bridgehead atoms. The Morgan fingerprint density at radius 1 is 1.47 bits per heavy atom. The third kappa shape index (κ3) is 5.05. The van der Waals surface area contributed by atoms with Crippen LogP contribution in [0.1, 0.15) is 5.56 Å². The van der Waals surface area contributed by atoms with Gasteiger partial charge in [0.1, 0.15) is 11.8 Å². The molecule has 0 amide bonds. The Bertz CT molecular complexity index is 391. The lowest BCUT2D eigenvalue weighted by Crippen LogP contribution is -2.18. The fourth-order valence-corrected chi connectivity index (χ4v) is 1.55. The number of benzene rings is 1. The summed E-state index contributed by atoms with van der Waals surface area (Å²) in [6.07, 6.45) is 0. The number of ether oxygens (including phenoxy) is 2. The van der Waals surface area contributed by atoms with Gasteiger partial charge in [0.25, 0.3) is 0 Å². The van der Waals surface area contributed by atoms with Crippen LogP contribution in [0.2, 0.25) is 5.02 Å². The predicted octanol–water partition coefficient (Wildman–Crippen LogP) is 1.98. The topological polar surface area (TPSA) is 54.3 Å². The maximum absolute atomic E-state index is 8.40. The van der Waals surface area contributed by atoms with Gasteiger partial charge in [0.05, 0.1) is 11.6 Å². The number of hydrogen-bond acceptors (Lipinski definition) is 4. The molecule has 0 unspecified atom stereocenters. The Morgan fingerprint density at radius 3 is 2.94 bits per heavy atom. The van der Waals surface area contributed by atoms with Gasteiger partial charge in [-0.2, -0.15) is 5.26 Å². The van der Waals surface area contributed by atoms with Crippen LogP contribution < -0.4 is 10.1 Å². The Hall–Kier alpha value is -1.28. The molecular formula is C12H15ClN2O2. The smallest absolute Gasteiger partial charge is 0.174 e. The van der Waals surface area contributed by atoms with Gasteiger partial charge in [-0.3, -0.25) is 0 Å². The maximum Gasteiger partial charge on any atom is 0.174 e. The molecule has 0 spiro atoms. The van der Waals surface area contributed by atoms with Crippen molar-refractivity contribution in [1.82, 2.24) is 5.32 Å². The van der Waals surface area contributed by atoms with E-state index in [0.717, 1.165) is 18.7 Å². The second-order valence-corrected chi connectivity index (χ2v) is 3.79. The van der Waals surface area contributed by atoms with Gasteiger partial charge in [-0.1, -0.05) is 17.7 Å². The number of hydrogen-bond donors (Lipinski definition) is 1. The van der Waals surface area contributed by atoms with Gasteiger partial charge in [-0.15, -0.1) is 0 Å². The molecule has 0 fully saturated rings. The van der Waals surface area contributed by atoms with E-state index >= 15 is 0 Å². The largest absolute Gasteiger partial charge is 0.477 e. The number of halogens is 1. The first-order chi connectivity index (χ1) is 8.27. The van der Waals surface area contributed by atoms with E-state index in [2.05, 4.69) is 5.32 Å². The second kappa shape index (κ2) is 7.91. The highest BCUT2D eigenvalue weighted by atomic mass is 35.5. The van der Waals surface area contributed by atoms with Crippen molar-refractivity contribution in [3.8, 4) is 11.8 Å². The monoisotopic (exact) mass is 254 g/mol. The van der Waals surface area contributed by atoms with Crippen LogP contribution in [0.5, 0.6) is 5.75 Å². The highest BCUT2D eigenvalue weighted by Crippen LogP contribution is 2.25. The average molecular weight is 255 g/mol. The van der Waals surface area contributed by atoms with Crippen LogP contribution in [0, 0.1) is 11.3 Å². The van der Waals surface area contributed by atoms with Crippen LogP contribution in [0.15, 0.2) is 18.2 Å². The van der Waals surface area contributed by atoms with E-state index < -0.39 is 0 Å². The van der Waals surface area contributed by atoms with Crippen molar-refractivity contribution in [2.24, 2.45) is 0 Å². The summed E-state index contributed by atoms with van der Waals surface area (Å²) in [5.74, 6) is 0.536. The fourth-order valence-electron chi connectivity index (χ4n) is 1.29. The van der Waals surface area contributed by atoms with E-state index in [-0.39, 0.29) is 6.61 Å². The lowest BCUT2D eigenvalue weighted by atomic mass is 10.2. The molecule has 92 valence electrons. The Balaban J connectivity index is 2.47. The number of methoxy groups -OCH3 is 1. The van der Waals surface area contributed by atoms with Crippen molar-refractivity contribution in [1.29, 1.82) is 5.26 Å². The quantitative estimate of drug-likeness (QED) is 0.756. The zero-order valence-electron chi connectivity index (χ0n) is 9.70. The summed E-state index contributed by atoms with van der Waals surface area (Å²) >= 11 is 6.02. The molecule has 0 heterocycles. The molecule has 0 aromatic heterocycles. The molecule has 0 aliphatic rings. The van der Waals surface area contributed by atoms with E-state index in [1.807, 2.05) is 18.2 Å². The lowest BCUT2D eigenvalue weighted by molar-refractivity contribution is 0.199. The Labute approximate surface area is 106 Å². The first-order valence-corrected chi connectivity index (χ1v) is 5.63. The minimum Gasteiger partial charge on any atom is -0.477 e. The van der Waals surface area contributed by atoms with E-state index in [1.165, 1.54) is 0 Å². The van der Waals surface area contributed by atoms with Gasteiger partial charge < -0.3 is 14.8 Å². The standard InChI is InChI=1S/C12H15ClN2O2/c1-16-7-5-15-9-10-2-3-12(11(13)8-10)17-6-4-14/h2-3,8,15H,5-7,9H2,1H3. The zero-order chi connectivity index (χ0) is 12.5. The average Bonchev–Trinajstić information content (AvgIpc) is 2.34. The highest BCUT2D eigenvalue weighted by molar-refractivity contribution is 6.32. The molecule has 0 aliphatic heterocycles. The molecule has 0 radical (unpaired) electrons. The van der Waals surface area contributed by atoms with Gasteiger partial charge in [0.2, 0.25) is 0 Å². The van der Waals surface area contributed by atoms with E-state index in [9.17, 15) is 0 Å². The first kappa shape index (κ1) is 13.8. The SMILES string of the molecule is COCCNCc1ccc(OCC#N)c(Cl)c1. The Kier molecular flexibility index (Phi) is 6.41. The zero-order valence-corrected chi connectivity index (χ0v) is 10.5. The molecular weight excluding hydrogens is 240 g/mol. The molecule has 17 heavy (non-hydrogen) atoms. The van der Waals surface area contributed by atoms with E-state index in [1.54, 1.807) is 13.2 Å². The van der Waals surface area contributed by atoms with Crippen molar-refractivity contribution in [3.05, 3.63) is 28.8 Å². The second-order valence-electron chi connectivity index (χ2n) is 3.38. The van der Waals surface area contributed by atoms with Crippen molar-refractivity contribution >= 4 is 11.6 Å². The van der Waals surface area contributed by atoms with Crippen LogP contribution in [-0.4, -0.2) is 26.9 Å². The first-order valence-electron chi connectivity index (χ1n) is 5.25. The number of rotatable bonds is 7. The Morgan fingerprint density at radius 2 is 2.29 bits per heavy atom. The summed E-state index contributed by atoms with van der Waals surface area (Å²) in [6.45, 7) is 2.20. The summed E-state index contributed by atoms with van der Waals surface area (Å²) in [7, 11) is 1.67. The van der Waals surface area contributed by atoms with E-state index in [4.69, 9.17) is 26.3 Å². The molecule has 1 N–H and O–H groups in total. The van der Waals surface area contributed by atoms with E-state index in [0.29, 0.717) is 17.4 Å². The minimum absolute atomic E-state index is 0.00511. The molecule has 0 aliphatic carbocycles. The fraction of sp³-hybridized carbons (Fsp3) is 0.417. The normalized spacial score (nSPS) is 9.94. The molecule has 1 aromatic rings. The van der Waals surface area contributed by atoms with Crippen LogP contribution in [-0.2, 0) is 11.3 Å². The molecule has 0 saturated carbocycles. The number of nitrogens with zero attached hydrogens (tertiary/aromatic N) is 1. The molecule has 4 nitrogen and oxygen atoms in total. The van der Waals surface area contributed by atoms with Gasteiger partial charge in [0.15, 0.2) is 6.61 Å². The van der Waals surface area contributed by atoms with Crippen LogP contribution >= 0.6 is 11.6 Å². The van der Waals surface area contributed by atoms with Gasteiger partial charge in [-0.05, 0) is 17.7 Å². The third-order valence-electron chi connectivity index (χ3n) is 2.10. The van der Waals surface area contributed by atoms with Crippen molar-refractivity contribution in [2.45, 2.75) is 6.54 Å². The summed E-state index contributed by atoms with van der Waals surface area (Å²) in [5, 5.41) is 12.1. The number of nitriles is 1. The van der Waals surface area contributed by atoms with Crippen LogP contribution in [0.25, 0.3) is 0 Å². The van der Waals surface area contributed by atoms with Gasteiger partial charge in [0, 0.05) is 20.2 Å². The summed E-state index contributed by atoms with van der Waals surface area (Å²) in [4.78, 5) is 0. The van der Waals surface area contributed by atoms with Crippen molar-refractivity contribution < 1.29 is 9.47 Å². The third-order valence-corrected chi connectivity index (χ3v) is 2.40. The van der Waals surface area contributed by atoms with Gasteiger partial charge >= 0.3 is 0 Å². The summed E-state index contributed by atoms with van der Waals surface area (Å²) in [6, 6.07) is 7.41. The molecule has 0 atom stereocenters. The number of nitrogens with one attached hydrogen (secondary N) is 1. The van der Waals surface area contributed by atoms with Crippen LogP contribution in [0.4, 0.5) is 0 Å². The van der Waals surface area contributed by atoms with Crippen molar-refractivity contribution in [3.63, 3.8) is 0 Å². The maximum atomic E-state index is 8.40. The predicted molar refractivity (Wildman–Crippen MR) is 66.1 cm³/mol. The van der Waals surface area contributed by atoms with Crippen molar-refractivity contribution in [2.75, 3.05) is 26.9 Å². The van der Waals surface area contributed by atoms with Crippen LogP contribution in [0.3, 0.4) is 0 Å². The minimum atomic E-state index is 0.00511. The molecule has 1 aromatic carbocycles.